The summed E-state index contributed by atoms with van der Waals surface area (Å²) in [5, 5.41) is 23.2. The average molecular weight is 300 g/mol. The van der Waals surface area contributed by atoms with Crippen molar-refractivity contribution >= 4 is 17.5 Å². The van der Waals surface area contributed by atoms with E-state index in [1.165, 1.54) is 37.3 Å². The number of allylic oxidation sites excluding steroid dienone is 2. The van der Waals surface area contributed by atoms with Gasteiger partial charge in [-0.1, -0.05) is 30.5 Å². The summed E-state index contributed by atoms with van der Waals surface area (Å²) < 4.78 is 0. The summed E-state index contributed by atoms with van der Waals surface area (Å²) in [6, 6.07) is 6.83. The highest BCUT2D eigenvalue weighted by molar-refractivity contribution is 5.86. The van der Waals surface area contributed by atoms with Crippen LogP contribution in [-0.2, 0) is 0 Å². The molecule has 0 aliphatic heterocycles. The summed E-state index contributed by atoms with van der Waals surface area (Å²) in [5.41, 5.74) is 3.58. The van der Waals surface area contributed by atoms with Gasteiger partial charge >= 0.3 is 0 Å². The van der Waals surface area contributed by atoms with E-state index in [-0.39, 0.29) is 16.5 Å². The molecular weight excluding hydrogens is 280 g/mol. The number of nitro benzene ring substituents is 1. The van der Waals surface area contributed by atoms with Gasteiger partial charge in [-0.15, -0.1) is 5.16 Å². The summed E-state index contributed by atoms with van der Waals surface area (Å²) in [5.74, 6) is 0.647. The highest BCUT2D eigenvalue weighted by atomic mass is 16.6. The van der Waals surface area contributed by atoms with E-state index < -0.39 is 0 Å². The zero-order valence-electron chi connectivity index (χ0n) is 12.4. The molecule has 22 heavy (non-hydrogen) atoms. The van der Waals surface area contributed by atoms with Gasteiger partial charge in [-0.2, -0.15) is 0 Å². The minimum Gasteiger partial charge on any atom is -0.411 e. The highest BCUT2D eigenvalue weighted by Gasteiger charge is 2.31. The normalized spacial score (nSPS) is 22.8. The number of oxime groups is 1. The quantitative estimate of drug-likeness (QED) is 0.387. The van der Waals surface area contributed by atoms with E-state index in [0.29, 0.717) is 5.92 Å². The predicted octanol–water partition coefficient (Wildman–Crippen LogP) is 4.41. The lowest BCUT2D eigenvalue weighted by atomic mass is 9.88. The fourth-order valence-corrected chi connectivity index (χ4v) is 3.94. The summed E-state index contributed by atoms with van der Waals surface area (Å²) in [6.45, 7) is 0. The lowest BCUT2D eigenvalue weighted by Crippen LogP contribution is -2.04. The molecule has 0 radical (unpaired) electrons. The maximum absolute atomic E-state index is 11.0. The molecule has 0 amide bonds. The third-order valence-corrected chi connectivity index (χ3v) is 4.90. The Morgan fingerprint density at radius 2 is 2.05 bits per heavy atom. The monoisotopic (exact) mass is 300 g/mol. The maximum Gasteiger partial charge on any atom is 0.270 e. The number of hydrogen-bond donors (Lipinski definition) is 1. The minimum absolute atomic E-state index is 0.0580. The minimum atomic E-state index is -0.358. The fraction of sp³-hybridized carbons (Fsp3) is 0.471. The van der Waals surface area contributed by atoms with Crippen LogP contribution in [0.5, 0.6) is 0 Å². The van der Waals surface area contributed by atoms with Gasteiger partial charge in [0.05, 0.1) is 11.1 Å². The largest absolute Gasteiger partial charge is 0.411 e. The van der Waals surface area contributed by atoms with Crippen LogP contribution < -0.4 is 0 Å². The van der Waals surface area contributed by atoms with Gasteiger partial charge in [0, 0.05) is 18.1 Å². The molecule has 0 heterocycles. The second kappa shape index (κ2) is 6.30. The van der Waals surface area contributed by atoms with Crippen molar-refractivity contribution in [1.29, 1.82) is 0 Å². The Morgan fingerprint density at radius 3 is 2.73 bits per heavy atom. The Morgan fingerprint density at radius 1 is 1.27 bits per heavy atom. The number of nitrogens with zero attached hydrogens (tertiary/aromatic N) is 2. The Labute approximate surface area is 129 Å². The van der Waals surface area contributed by atoms with E-state index in [4.69, 9.17) is 5.21 Å². The number of benzene rings is 1. The molecule has 0 aromatic heterocycles. The molecule has 2 aliphatic carbocycles. The smallest absolute Gasteiger partial charge is 0.270 e. The van der Waals surface area contributed by atoms with E-state index in [2.05, 4.69) is 5.16 Å². The van der Waals surface area contributed by atoms with E-state index in [0.717, 1.165) is 24.0 Å². The molecule has 0 saturated heterocycles. The van der Waals surface area contributed by atoms with Crippen LogP contribution in [0, 0.1) is 22.0 Å². The molecule has 1 aromatic rings. The van der Waals surface area contributed by atoms with Crippen LogP contribution in [0.15, 0.2) is 35.0 Å². The zero-order valence-corrected chi connectivity index (χ0v) is 12.4. The molecule has 5 nitrogen and oxygen atoms in total. The Kier molecular flexibility index (Phi) is 4.22. The fourth-order valence-electron chi connectivity index (χ4n) is 3.94. The molecule has 2 aliphatic rings. The van der Waals surface area contributed by atoms with Crippen LogP contribution in [0.1, 0.15) is 44.1 Å². The Hall–Kier alpha value is -2.17. The molecule has 5 heteroatoms. The number of non-ortho nitro benzene ring substituents is 1. The molecule has 3 rings (SSSR count). The first-order valence-corrected chi connectivity index (χ1v) is 7.86. The van der Waals surface area contributed by atoms with E-state index in [1.807, 2.05) is 6.07 Å². The summed E-state index contributed by atoms with van der Waals surface area (Å²) in [4.78, 5) is 10.7. The molecule has 0 spiro atoms. The van der Waals surface area contributed by atoms with Crippen molar-refractivity contribution in [2.45, 2.75) is 38.5 Å². The zero-order chi connectivity index (χ0) is 15.5. The van der Waals surface area contributed by atoms with E-state index in [9.17, 15) is 10.1 Å². The second-order valence-corrected chi connectivity index (χ2v) is 6.14. The third-order valence-electron chi connectivity index (χ3n) is 4.90. The molecule has 1 aromatic carbocycles. The summed E-state index contributed by atoms with van der Waals surface area (Å²) >= 11 is 0. The van der Waals surface area contributed by atoms with Gasteiger partial charge in [-0.3, -0.25) is 10.1 Å². The topological polar surface area (TPSA) is 75.7 Å². The van der Waals surface area contributed by atoms with Crippen molar-refractivity contribution < 1.29 is 10.1 Å². The molecule has 1 N–H and O–H groups in total. The number of nitro groups is 1. The van der Waals surface area contributed by atoms with Gasteiger partial charge in [-0.05, 0) is 42.7 Å². The van der Waals surface area contributed by atoms with Crippen molar-refractivity contribution in [3.05, 3.63) is 45.5 Å². The van der Waals surface area contributed by atoms with Gasteiger partial charge in [0.2, 0.25) is 0 Å². The Balaban J connectivity index is 2.05. The van der Waals surface area contributed by atoms with Crippen LogP contribution in [0.4, 0.5) is 5.69 Å². The lowest BCUT2D eigenvalue weighted by Gasteiger charge is -2.16. The summed E-state index contributed by atoms with van der Waals surface area (Å²) in [6.07, 6.45) is 8.42. The van der Waals surface area contributed by atoms with Crippen molar-refractivity contribution in [2.75, 3.05) is 0 Å². The van der Waals surface area contributed by atoms with Crippen LogP contribution >= 0.6 is 0 Å². The first-order chi connectivity index (χ1) is 10.7. The third kappa shape index (κ3) is 2.75. The molecule has 1 saturated carbocycles. The van der Waals surface area contributed by atoms with Gasteiger partial charge in [0.15, 0.2) is 0 Å². The van der Waals surface area contributed by atoms with Gasteiger partial charge < -0.3 is 5.21 Å². The predicted molar refractivity (Wildman–Crippen MR) is 85.0 cm³/mol. The molecule has 116 valence electrons. The number of hydrogen-bond acceptors (Lipinski definition) is 4. The van der Waals surface area contributed by atoms with Gasteiger partial charge in [-0.25, -0.2) is 0 Å². The van der Waals surface area contributed by atoms with Crippen LogP contribution in [0.25, 0.3) is 5.57 Å². The lowest BCUT2D eigenvalue weighted by molar-refractivity contribution is -0.384. The molecule has 1 unspecified atom stereocenters. The molecule has 1 fully saturated rings. The first-order valence-electron chi connectivity index (χ1n) is 7.86. The van der Waals surface area contributed by atoms with E-state index in [1.54, 1.807) is 18.3 Å². The average Bonchev–Trinajstić information content (AvgIpc) is 3.16. The number of rotatable bonds is 4. The van der Waals surface area contributed by atoms with Crippen molar-refractivity contribution in [3.8, 4) is 0 Å². The molecule has 0 bridgehead atoms. The molecule has 1 atom stereocenters. The Bertz CT molecular complexity index is 631. The summed E-state index contributed by atoms with van der Waals surface area (Å²) in [7, 11) is 0. The van der Waals surface area contributed by atoms with Crippen molar-refractivity contribution in [3.63, 3.8) is 0 Å². The standard InChI is InChI=1S/C17H20N2O3/c20-18-11-14-8-9-16(12-4-1-2-5-12)17(14)13-6-3-7-15(10-13)19(21)22/h3,6-7,10-12,14,20H,1-2,4-5,8-9H2. The van der Waals surface area contributed by atoms with Crippen molar-refractivity contribution in [2.24, 2.45) is 17.0 Å². The highest BCUT2D eigenvalue weighted by Crippen LogP contribution is 2.46. The van der Waals surface area contributed by atoms with Crippen LogP contribution in [0.3, 0.4) is 0 Å². The SMILES string of the molecule is O=[N+]([O-])c1cccc(C2=C(C3CCCC3)CCC2C=NO)c1. The maximum atomic E-state index is 11.0. The molecular formula is C17H20N2O3. The van der Waals surface area contributed by atoms with Gasteiger partial charge in [0.25, 0.3) is 5.69 Å². The second-order valence-electron chi connectivity index (χ2n) is 6.14. The van der Waals surface area contributed by atoms with Crippen LogP contribution in [-0.4, -0.2) is 16.3 Å². The van der Waals surface area contributed by atoms with Crippen LogP contribution in [0.2, 0.25) is 0 Å². The van der Waals surface area contributed by atoms with Gasteiger partial charge in [0.1, 0.15) is 0 Å². The van der Waals surface area contributed by atoms with Crippen molar-refractivity contribution in [1.82, 2.24) is 0 Å². The first kappa shape index (κ1) is 14.8. The van der Waals surface area contributed by atoms with E-state index >= 15 is 0 Å².